The third kappa shape index (κ3) is 4.20. The van der Waals surface area contributed by atoms with E-state index in [0.29, 0.717) is 5.76 Å². The molecule has 13 heteroatoms. The zero-order valence-electron chi connectivity index (χ0n) is 14.7. The number of furan rings is 1. The number of amides is 3. The molecule has 0 saturated carbocycles. The second kappa shape index (κ2) is 8.29. The van der Waals surface area contributed by atoms with E-state index >= 15 is 0 Å². The predicted octanol–water partition coefficient (Wildman–Crippen LogP) is -4.26. The van der Waals surface area contributed by atoms with Crippen LogP contribution in [-0.2, 0) is 36.1 Å². The van der Waals surface area contributed by atoms with Gasteiger partial charge < -0.3 is 13.9 Å². The maximum Gasteiger partial charge on any atom is 1.00 e. The monoisotopic (exact) mass is 409 g/mol. The van der Waals surface area contributed by atoms with Crippen LogP contribution in [0.1, 0.15) is 19.1 Å². The molecule has 0 aromatic carbocycles. The van der Waals surface area contributed by atoms with Crippen LogP contribution in [-0.4, -0.2) is 58.5 Å². The van der Waals surface area contributed by atoms with Crippen LogP contribution < -0.4 is 35.0 Å². The number of nitrogens with one attached hydrogen (secondary N) is 1. The van der Waals surface area contributed by atoms with E-state index in [-0.39, 0.29) is 53.4 Å². The molecule has 3 amide bonds. The van der Waals surface area contributed by atoms with Gasteiger partial charge in [0.2, 0.25) is 5.91 Å². The summed E-state index contributed by atoms with van der Waals surface area (Å²) >= 11 is 0. The van der Waals surface area contributed by atoms with Gasteiger partial charge in [0.1, 0.15) is 24.3 Å². The van der Waals surface area contributed by atoms with Crippen molar-refractivity contribution in [3.63, 3.8) is 0 Å². The Morgan fingerprint density at radius 1 is 1.48 bits per heavy atom. The molecule has 2 fully saturated rings. The van der Waals surface area contributed by atoms with Gasteiger partial charge in [-0.2, -0.15) is 0 Å². The van der Waals surface area contributed by atoms with Crippen molar-refractivity contribution < 1.29 is 66.2 Å². The molecule has 1 aromatic rings. The van der Waals surface area contributed by atoms with Crippen molar-refractivity contribution in [3.8, 4) is 0 Å². The second-order valence-corrected chi connectivity index (χ2v) is 7.23. The van der Waals surface area contributed by atoms with Crippen molar-refractivity contribution in [3.05, 3.63) is 24.2 Å². The van der Waals surface area contributed by atoms with Crippen LogP contribution in [0.4, 0.5) is 0 Å². The number of carbonyl (C=O) groups excluding carboxylic acids is 3. The Labute approximate surface area is 177 Å². The van der Waals surface area contributed by atoms with Gasteiger partial charge in [-0.3, -0.25) is 19.2 Å². The molecule has 3 rings (SSSR count). The van der Waals surface area contributed by atoms with E-state index in [4.69, 9.17) is 9.25 Å². The molecule has 1 unspecified atom stereocenters. The fraction of sp³-hybridized carbons (Fsp3) is 0.500. The van der Waals surface area contributed by atoms with E-state index in [2.05, 4.69) is 5.48 Å². The first-order valence-corrected chi connectivity index (χ1v) is 9.12. The van der Waals surface area contributed by atoms with Crippen LogP contribution in [0.15, 0.2) is 22.8 Å². The maximum absolute atomic E-state index is 12.5. The molecule has 142 valence electrons. The quantitative estimate of drug-likeness (QED) is 0.163. The predicted molar refractivity (Wildman–Crippen MR) is 81.3 cm³/mol. The van der Waals surface area contributed by atoms with Crippen LogP contribution >= 0.6 is 0 Å². The van der Waals surface area contributed by atoms with Crippen LogP contribution in [0.2, 0.25) is 0 Å². The van der Waals surface area contributed by atoms with Gasteiger partial charge in [-0.1, -0.05) is 0 Å². The van der Waals surface area contributed by atoms with Crippen LogP contribution in [0.5, 0.6) is 0 Å². The minimum Gasteiger partial charge on any atom is -0.731 e. The number of β-lactam (4-membered cyclic amide) rings is 1. The molecule has 11 nitrogen and oxygen atoms in total. The first-order valence-electron chi connectivity index (χ1n) is 7.75. The number of fused-ring (bicyclic) bond motifs is 1. The smallest absolute Gasteiger partial charge is 0.731 e. The Morgan fingerprint density at radius 3 is 2.78 bits per heavy atom. The van der Waals surface area contributed by atoms with E-state index < -0.39 is 46.0 Å². The van der Waals surface area contributed by atoms with Crippen LogP contribution in [0.3, 0.4) is 0 Å². The van der Waals surface area contributed by atoms with Crippen molar-refractivity contribution in [2.24, 2.45) is 5.92 Å². The van der Waals surface area contributed by atoms with E-state index in [1.165, 1.54) is 13.2 Å². The number of hydrogen-bond donors (Lipinski definition) is 1. The van der Waals surface area contributed by atoms with E-state index in [1.807, 2.05) is 0 Å². The average molecular weight is 409 g/mol. The number of hydrogen-bond acceptors (Lipinski definition) is 8. The van der Waals surface area contributed by atoms with Crippen molar-refractivity contribution in [1.82, 2.24) is 14.7 Å². The topological polar surface area (TPSA) is 149 Å². The van der Waals surface area contributed by atoms with E-state index in [0.717, 1.165) is 4.90 Å². The van der Waals surface area contributed by atoms with Crippen molar-refractivity contribution >= 4 is 28.0 Å². The molecular weight excluding hydrogens is 393 g/mol. The molecule has 1 N–H and O–H groups in total. The summed E-state index contributed by atoms with van der Waals surface area (Å²) in [6.45, 7) is 1.40. The molecule has 0 aliphatic carbocycles. The zero-order chi connectivity index (χ0) is 19.1. The molecule has 2 saturated heterocycles. The summed E-state index contributed by atoms with van der Waals surface area (Å²) in [6.07, 6.45) is 1.60. The molecule has 1 aromatic heterocycles. The first kappa shape index (κ1) is 21.9. The Hall–Kier alpha value is -1.44. The molecule has 0 spiro atoms. The van der Waals surface area contributed by atoms with Crippen molar-refractivity contribution in [2.75, 3.05) is 6.54 Å². The third-order valence-corrected chi connectivity index (χ3v) is 5.32. The third-order valence-electron chi connectivity index (χ3n) is 4.39. The van der Waals surface area contributed by atoms with Crippen molar-refractivity contribution in [2.45, 2.75) is 32.0 Å². The summed E-state index contributed by atoms with van der Waals surface area (Å²) in [5.41, 5.74) is 2.13. The number of carbonyl (C=O) groups is 3. The molecule has 0 bridgehead atoms. The summed E-state index contributed by atoms with van der Waals surface area (Å²) in [4.78, 5) is 42.5. The molecular formula is C14H16N3NaO8S. The maximum atomic E-state index is 12.5. The fourth-order valence-corrected chi connectivity index (χ4v) is 3.96. The number of nitrogens with zero attached hydrogens (tertiary/aromatic N) is 2. The van der Waals surface area contributed by atoms with Gasteiger partial charge in [0.05, 0.1) is 12.3 Å². The largest absolute Gasteiger partial charge is 1.00 e. The normalized spacial score (nSPS) is 22.5. The number of rotatable bonds is 6. The van der Waals surface area contributed by atoms with Crippen LogP contribution in [0.25, 0.3) is 0 Å². The average Bonchev–Trinajstić information content (AvgIpc) is 3.19. The van der Waals surface area contributed by atoms with Gasteiger partial charge in [-0.05, 0) is 25.5 Å². The second-order valence-electron chi connectivity index (χ2n) is 5.98. The zero-order valence-corrected chi connectivity index (χ0v) is 17.5. The molecule has 27 heavy (non-hydrogen) atoms. The molecule has 3 heterocycles. The Bertz CT molecular complexity index is 827. The SMILES string of the molecule is CC(C(=O)NOCc1ccco1)C(=O)N1CC[C@@H]2[C@H]1C(=O)N2S(=O)(=O)[O-].[Na+]. The van der Waals surface area contributed by atoms with E-state index in [1.54, 1.807) is 12.1 Å². The Kier molecular flexibility index (Phi) is 6.71. The van der Waals surface area contributed by atoms with Gasteiger partial charge in [-0.15, -0.1) is 0 Å². The summed E-state index contributed by atoms with van der Waals surface area (Å²) in [6, 6.07) is 1.41. The van der Waals surface area contributed by atoms with Crippen molar-refractivity contribution in [1.29, 1.82) is 0 Å². The fourth-order valence-electron chi connectivity index (χ4n) is 3.08. The summed E-state index contributed by atoms with van der Waals surface area (Å²) in [5, 5.41) is 0. The van der Waals surface area contributed by atoms with Crippen LogP contribution in [0, 0.1) is 5.92 Å². The van der Waals surface area contributed by atoms with Gasteiger partial charge in [-0.25, -0.2) is 18.2 Å². The summed E-state index contributed by atoms with van der Waals surface area (Å²) < 4.78 is 38.4. The number of hydroxylamine groups is 1. The minimum atomic E-state index is -4.90. The number of likely N-dealkylation sites (tertiary alicyclic amines) is 1. The first-order chi connectivity index (χ1) is 12.2. The molecule has 2 aliphatic rings. The minimum absolute atomic E-state index is 0. The van der Waals surface area contributed by atoms with Gasteiger partial charge in [0.15, 0.2) is 10.3 Å². The summed E-state index contributed by atoms with van der Waals surface area (Å²) in [5.74, 6) is -2.99. The van der Waals surface area contributed by atoms with Gasteiger partial charge >= 0.3 is 29.6 Å². The standard InChI is InChI=1S/C14H17N3O8S.Na/c1-8(12(18)15-25-7-9-3-2-6-24-9)13(19)16-5-4-10-11(16)14(20)17(10)26(21,22)23;/h2-3,6,8,10-11H,4-5,7H2,1H3,(H,15,18)(H,21,22,23);/q;+1/p-1/t8?,10-,11+;/m1./s1. The molecule has 2 aliphatic heterocycles. The molecule has 0 radical (unpaired) electrons. The summed E-state index contributed by atoms with van der Waals surface area (Å²) in [7, 11) is -4.90. The van der Waals surface area contributed by atoms with Gasteiger partial charge in [0, 0.05) is 6.54 Å². The Balaban J connectivity index is 0.00000261. The van der Waals surface area contributed by atoms with E-state index in [9.17, 15) is 27.4 Å². The molecule has 3 atom stereocenters. The van der Waals surface area contributed by atoms with Gasteiger partial charge in [0.25, 0.3) is 11.8 Å². The Morgan fingerprint density at radius 2 is 2.19 bits per heavy atom.